The van der Waals surface area contributed by atoms with Crippen molar-refractivity contribution < 1.29 is 4.79 Å². The van der Waals surface area contributed by atoms with Crippen molar-refractivity contribution in [2.75, 3.05) is 18.8 Å². The molecule has 1 aromatic carbocycles. The van der Waals surface area contributed by atoms with Gasteiger partial charge in [0.15, 0.2) is 0 Å². The number of carbonyl (C=O) groups excluding carboxylic acids is 1. The number of nitrogens with zero attached hydrogens (tertiary/aromatic N) is 1. The molecule has 2 N–H and O–H groups in total. The fraction of sp³-hybridized carbons (Fsp3) is 0.471. The lowest BCUT2D eigenvalue weighted by Gasteiger charge is -2.19. The molecule has 2 aromatic rings. The summed E-state index contributed by atoms with van der Waals surface area (Å²) in [5.74, 6) is 0.826. The number of carbonyl (C=O) groups is 1. The van der Waals surface area contributed by atoms with E-state index in [0.29, 0.717) is 16.5 Å². The van der Waals surface area contributed by atoms with Crippen molar-refractivity contribution in [1.29, 1.82) is 0 Å². The highest BCUT2D eigenvalue weighted by molar-refractivity contribution is 7.21. The Morgan fingerprint density at radius 3 is 2.90 bits per heavy atom. The van der Waals surface area contributed by atoms with Crippen molar-refractivity contribution in [3.05, 3.63) is 28.6 Å². The molecule has 0 bridgehead atoms. The number of benzene rings is 1. The zero-order valence-electron chi connectivity index (χ0n) is 12.7. The number of likely N-dealkylation sites (tertiary alicyclic amines) is 1. The van der Waals surface area contributed by atoms with E-state index in [-0.39, 0.29) is 5.91 Å². The van der Waals surface area contributed by atoms with E-state index < -0.39 is 0 Å². The number of hydrogen-bond donors (Lipinski definition) is 1. The predicted molar refractivity (Wildman–Crippen MR) is 89.9 cm³/mol. The molecule has 4 heteroatoms. The molecule has 1 saturated heterocycles. The number of anilines is 1. The Balaban J connectivity index is 1.94. The van der Waals surface area contributed by atoms with Gasteiger partial charge in [0.2, 0.25) is 0 Å². The lowest BCUT2D eigenvalue weighted by molar-refractivity contribution is 0.0766. The van der Waals surface area contributed by atoms with Gasteiger partial charge in [-0.15, -0.1) is 11.3 Å². The number of amides is 1. The Morgan fingerprint density at radius 2 is 2.14 bits per heavy atom. The molecule has 1 amide bonds. The van der Waals surface area contributed by atoms with Crippen LogP contribution in [-0.4, -0.2) is 23.9 Å². The topological polar surface area (TPSA) is 46.3 Å². The van der Waals surface area contributed by atoms with E-state index in [2.05, 4.69) is 19.9 Å². The zero-order valence-corrected chi connectivity index (χ0v) is 13.5. The predicted octanol–water partition coefficient (Wildman–Crippen LogP) is 4.05. The van der Waals surface area contributed by atoms with Crippen molar-refractivity contribution in [2.24, 2.45) is 5.92 Å². The first kappa shape index (κ1) is 14.4. The number of rotatable bonds is 1. The molecular formula is C17H22N2OS. The Hall–Kier alpha value is -1.55. The summed E-state index contributed by atoms with van der Waals surface area (Å²) in [4.78, 5) is 15.5. The van der Waals surface area contributed by atoms with Crippen LogP contribution >= 0.6 is 11.3 Å². The molecule has 2 heterocycles. The normalized spacial score (nSPS) is 19.7. The highest BCUT2D eigenvalue weighted by Gasteiger charge is 2.24. The van der Waals surface area contributed by atoms with Crippen LogP contribution in [0.3, 0.4) is 0 Å². The van der Waals surface area contributed by atoms with Crippen molar-refractivity contribution in [3.63, 3.8) is 0 Å². The Morgan fingerprint density at radius 1 is 1.33 bits per heavy atom. The first-order chi connectivity index (χ1) is 10.1. The maximum atomic E-state index is 12.8. The molecule has 1 aliphatic heterocycles. The van der Waals surface area contributed by atoms with Gasteiger partial charge in [0.05, 0.1) is 5.69 Å². The molecule has 0 aliphatic carbocycles. The van der Waals surface area contributed by atoms with Crippen LogP contribution in [0, 0.1) is 12.8 Å². The fourth-order valence-electron chi connectivity index (χ4n) is 3.05. The number of thiophene rings is 1. The van der Waals surface area contributed by atoms with Crippen LogP contribution in [0.2, 0.25) is 0 Å². The first-order valence-electron chi connectivity index (χ1n) is 7.64. The average Bonchev–Trinajstić information content (AvgIpc) is 2.66. The van der Waals surface area contributed by atoms with Crippen molar-refractivity contribution in [3.8, 4) is 0 Å². The van der Waals surface area contributed by atoms with Gasteiger partial charge in [0.1, 0.15) is 4.88 Å². The molecule has 0 radical (unpaired) electrons. The second-order valence-corrected chi connectivity index (χ2v) is 7.15. The fourth-order valence-corrected chi connectivity index (χ4v) is 4.21. The summed E-state index contributed by atoms with van der Waals surface area (Å²) in [6, 6.07) is 6.08. The van der Waals surface area contributed by atoms with Crippen LogP contribution in [0.4, 0.5) is 5.69 Å². The van der Waals surface area contributed by atoms with Crippen molar-refractivity contribution >= 4 is 33.0 Å². The Labute approximate surface area is 129 Å². The molecule has 1 aliphatic rings. The smallest absolute Gasteiger partial charge is 0.266 e. The van der Waals surface area contributed by atoms with Crippen LogP contribution in [-0.2, 0) is 0 Å². The SMILES string of the molecule is Cc1cccc2c(N)c(C(=O)N3CCCC(C)CC3)sc12. The maximum absolute atomic E-state index is 12.8. The summed E-state index contributed by atoms with van der Waals surface area (Å²) in [5.41, 5.74) is 8.09. The number of nitrogen functional groups attached to an aromatic ring is 1. The van der Waals surface area contributed by atoms with Gasteiger partial charge in [0.25, 0.3) is 5.91 Å². The number of hydrogen-bond acceptors (Lipinski definition) is 3. The summed E-state index contributed by atoms with van der Waals surface area (Å²) >= 11 is 1.54. The van der Waals surface area contributed by atoms with E-state index in [1.807, 2.05) is 17.0 Å². The Bertz CT molecular complexity index is 677. The highest BCUT2D eigenvalue weighted by Crippen LogP contribution is 2.36. The van der Waals surface area contributed by atoms with E-state index in [9.17, 15) is 4.79 Å². The van der Waals surface area contributed by atoms with Crippen LogP contribution in [0.5, 0.6) is 0 Å². The summed E-state index contributed by atoms with van der Waals surface area (Å²) in [7, 11) is 0. The van der Waals surface area contributed by atoms with E-state index in [4.69, 9.17) is 5.73 Å². The van der Waals surface area contributed by atoms with E-state index >= 15 is 0 Å². The minimum Gasteiger partial charge on any atom is -0.397 e. The summed E-state index contributed by atoms with van der Waals surface area (Å²) in [6.07, 6.45) is 3.40. The molecular weight excluding hydrogens is 280 g/mol. The molecule has 1 unspecified atom stereocenters. The zero-order chi connectivity index (χ0) is 15.0. The minimum absolute atomic E-state index is 0.113. The molecule has 1 aromatic heterocycles. The molecule has 1 fully saturated rings. The van der Waals surface area contributed by atoms with Gasteiger partial charge in [-0.1, -0.05) is 25.1 Å². The molecule has 0 spiro atoms. The third-order valence-electron chi connectivity index (χ3n) is 4.45. The lowest BCUT2D eigenvalue weighted by atomic mass is 10.0. The van der Waals surface area contributed by atoms with Gasteiger partial charge in [0, 0.05) is 23.2 Å². The molecule has 1 atom stereocenters. The van der Waals surface area contributed by atoms with Crippen molar-refractivity contribution in [1.82, 2.24) is 4.90 Å². The van der Waals surface area contributed by atoms with Crippen molar-refractivity contribution in [2.45, 2.75) is 33.1 Å². The minimum atomic E-state index is 0.113. The van der Waals surface area contributed by atoms with Gasteiger partial charge >= 0.3 is 0 Å². The highest BCUT2D eigenvalue weighted by atomic mass is 32.1. The summed E-state index contributed by atoms with van der Waals surface area (Å²) in [6.45, 7) is 6.05. The second kappa shape index (κ2) is 5.68. The van der Waals surface area contributed by atoms with Gasteiger partial charge in [-0.25, -0.2) is 0 Å². The molecule has 0 saturated carbocycles. The first-order valence-corrected chi connectivity index (χ1v) is 8.46. The van der Waals surface area contributed by atoms with Crippen LogP contribution < -0.4 is 5.73 Å². The third-order valence-corrected chi connectivity index (χ3v) is 5.79. The largest absolute Gasteiger partial charge is 0.397 e. The number of aryl methyl sites for hydroxylation is 1. The van der Waals surface area contributed by atoms with Gasteiger partial charge < -0.3 is 10.6 Å². The lowest BCUT2D eigenvalue weighted by Crippen LogP contribution is -2.31. The number of fused-ring (bicyclic) bond motifs is 1. The van der Waals surface area contributed by atoms with Crippen LogP contribution in [0.15, 0.2) is 18.2 Å². The van der Waals surface area contributed by atoms with Gasteiger partial charge in [-0.3, -0.25) is 4.79 Å². The van der Waals surface area contributed by atoms with E-state index in [1.54, 1.807) is 11.3 Å². The standard InChI is InChI=1S/C17H22N2OS/c1-11-5-4-9-19(10-8-11)17(20)16-14(18)13-7-3-6-12(2)15(13)21-16/h3,6-7,11H,4-5,8-10,18H2,1-2H3. The molecule has 3 nitrogen and oxygen atoms in total. The van der Waals surface area contributed by atoms with E-state index in [1.165, 1.54) is 12.0 Å². The maximum Gasteiger partial charge on any atom is 0.266 e. The third kappa shape index (κ3) is 2.64. The molecule has 3 rings (SSSR count). The van der Waals surface area contributed by atoms with Gasteiger partial charge in [-0.2, -0.15) is 0 Å². The Kier molecular flexibility index (Phi) is 3.89. The van der Waals surface area contributed by atoms with E-state index in [0.717, 1.165) is 36.0 Å². The van der Waals surface area contributed by atoms with Crippen LogP contribution in [0.1, 0.15) is 41.4 Å². The molecule has 21 heavy (non-hydrogen) atoms. The summed E-state index contributed by atoms with van der Waals surface area (Å²) < 4.78 is 1.14. The second-order valence-electron chi connectivity index (χ2n) is 6.12. The average molecular weight is 302 g/mol. The van der Waals surface area contributed by atoms with Gasteiger partial charge in [-0.05, 0) is 37.7 Å². The van der Waals surface area contributed by atoms with Crippen LogP contribution in [0.25, 0.3) is 10.1 Å². The molecule has 112 valence electrons. The quantitative estimate of drug-likeness (QED) is 0.863. The summed E-state index contributed by atoms with van der Waals surface area (Å²) in [5, 5.41) is 1.02. The monoisotopic (exact) mass is 302 g/mol. The number of nitrogens with two attached hydrogens (primary N) is 1.